The number of benzene rings is 1. The molecule has 66 valence electrons. The molecule has 0 bridgehead atoms. The second kappa shape index (κ2) is 4.15. The Bertz CT molecular complexity index is 250. The monoisotopic (exact) mass is 202 g/mol. The van der Waals surface area contributed by atoms with Crippen molar-refractivity contribution in [1.29, 1.82) is 0 Å². The predicted molar refractivity (Wildman–Crippen MR) is 55.2 cm³/mol. The third-order valence-electron chi connectivity index (χ3n) is 2.00. The Labute approximate surface area is 83.5 Å². The van der Waals surface area contributed by atoms with Crippen molar-refractivity contribution < 1.29 is 0 Å². The SMILES string of the molecule is CCc1ccc(CC)c(Cl)c1Cl. The Hall–Kier alpha value is -0.200. The van der Waals surface area contributed by atoms with E-state index in [1.807, 2.05) is 12.1 Å². The van der Waals surface area contributed by atoms with E-state index in [0.29, 0.717) is 0 Å². The second-order valence-electron chi connectivity index (χ2n) is 2.72. The lowest BCUT2D eigenvalue weighted by Crippen LogP contribution is -1.88. The molecule has 1 aromatic carbocycles. The van der Waals surface area contributed by atoms with Crippen LogP contribution in [0.3, 0.4) is 0 Å². The van der Waals surface area contributed by atoms with Crippen LogP contribution in [-0.2, 0) is 12.8 Å². The van der Waals surface area contributed by atoms with Gasteiger partial charge in [0.25, 0.3) is 0 Å². The zero-order valence-corrected chi connectivity index (χ0v) is 8.84. The molecule has 0 spiro atoms. The summed E-state index contributed by atoms with van der Waals surface area (Å²) in [7, 11) is 0. The Morgan fingerprint density at radius 1 is 0.917 bits per heavy atom. The van der Waals surface area contributed by atoms with Gasteiger partial charge in [-0.1, -0.05) is 49.2 Å². The van der Waals surface area contributed by atoms with Crippen LogP contribution in [0.1, 0.15) is 25.0 Å². The maximum absolute atomic E-state index is 6.05. The average molecular weight is 203 g/mol. The Morgan fingerprint density at radius 3 is 1.50 bits per heavy atom. The zero-order chi connectivity index (χ0) is 9.14. The van der Waals surface area contributed by atoms with Gasteiger partial charge in [0.05, 0.1) is 10.0 Å². The van der Waals surface area contributed by atoms with Crippen molar-refractivity contribution in [3.05, 3.63) is 33.3 Å². The van der Waals surface area contributed by atoms with Crippen LogP contribution in [0.25, 0.3) is 0 Å². The molecule has 12 heavy (non-hydrogen) atoms. The minimum absolute atomic E-state index is 0.721. The van der Waals surface area contributed by atoms with Crippen molar-refractivity contribution in [2.75, 3.05) is 0 Å². The number of rotatable bonds is 2. The molecule has 2 heteroatoms. The third kappa shape index (κ3) is 1.75. The molecule has 1 aromatic rings. The molecule has 0 fully saturated rings. The first-order valence-corrected chi connectivity index (χ1v) is 4.92. The maximum Gasteiger partial charge on any atom is 0.0626 e. The molecule has 0 aliphatic rings. The summed E-state index contributed by atoms with van der Waals surface area (Å²) in [6.07, 6.45) is 1.87. The molecule has 0 radical (unpaired) electrons. The van der Waals surface area contributed by atoms with Gasteiger partial charge in [-0.05, 0) is 24.0 Å². The first-order valence-electron chi connectivity index (χ1n) is 4.16. The van der Waals surface area contributed by atoms with Crippen molar-refractivity contribution in [1.82, 2.24) is 0 Å². The quantitative estimate of drug-likeness (QED) is 0.678. The zero-order valence-electron chi connectivity index (χ0n) is 7.32. The highest BCUT2D eigenvalue weighted by atomic mass is 35.5. The molecular formula is C10H12Cl2. The van der Waals surface area contributed by atoms with Crippen LogP contribution >= 0.6 is 23.2 Å². The van der Waals surface area contributed by atoms with Crippen LogP contribution in [0.4, 0.5) is 0 Å². The van der Waals surface area contributed by atoms with E-state index >= 15 is 0 Å². The summed E-state index contributed by atoms with van der Waals surface area (Å²) in [5, 5.41) is 1.44. The first-order chi connectivity index (χ1) is 5.70. The molecule has 0 unspecified atom stereocenters. The van der Waals surface area contributed by atoms with Crippen LogP contribution in [0.15, 0.2) is 12.1 Å². The van der Waals surface area contributed by atoms with Gasteiger partial charge in [-0.2, -0.15) is 0 Å². The van der Waals surface area contributed by atoms with Crippen molar-refractivity contribution in [3.63, 3.8) is 0 Å². The number of hydrogen-bond acceptors (Lipinski definition) is 0. The van der Waals surface area contributed by atoms with Crippen molar-refractivity contribution in [2.24, 2.45) is 0 Å². The van der Waals surface area contributed by atoms with Crippen LogP contribution in [-0.4, -0.2) is 0 Å². The third-order valence-corrected chi connectivity index (χ3v) is 2.96. The van der Waals surface area contributed by atoms with E-state index in [1.54, 1.807) is 0 Å². The molecule has 0 heterocycles. The van der Waals surface area contributed by atoms with Gasteiger partial charge in [0.2, 0.25) is 0 Å². The fourth-order valence-electron chi connectivity index (χ4n) is 1.18. The Kier molecular flexibility index (Phi) is 3.42. The highest BCUT2D eigenvalue weighted by molar-refractivity contribution is 6.43. The van der Waals surface area contributed by atoms with Crippen molar-refractivity contribution >= 4 is 23.2 Å². The van der Waals surface area contributed by atoms with Crippen LogP contribution in [0, 0.1) is 0 Å². The van der Waals surface area contributed by atoms with Gasteiger partial charge in [-0.3, -0.25) is 0 Å². The highest BCUT2D eigenvalue weighted by Crippen LogP contribution is 2.29. The first kappa shape index (κ1) is 9.88. The molecular weight excluding hydrogens is 191 g/mol. The van der Waals surface area contributed by atoms with Crippen molar-refractivity contribution in [3.8, 4) is 0 Å². The van der Waals surface area contributed by atoms with E-state index in [-0.39, 0.29) is 0 Å². The maximum atomic E-state index is 6.05. The fraction of sp³-hybridized carbons (Fsp3) is 0.400. The van der Waals surface area contributed by atoms with E-state index in [0.717, 1.165) is 34.0 Å². The smallest absolute Gasteiger partial charge is 0.0626 e. The largest absolute Gasteiger partial charge is 0.0824 e. The normalized spacial score (nSPS) is 10.3. The summed E-state index contributed by atoms with van der Waals surface area (Å²) < 4.78 is 0. The highest BCUT2D eigenvalue weighted by Gasteiger charge is 2.06. The average Bonchev–Trinajstić information content (AvgIpc) is 2.10. The van der Waals surface area contributed by atoms with Gasteiger partial charge in [-0.15, -0.1) is 0 Å². The van der Waals surface area contributed by atoms with Gasteiger partial charge in [0.1, 0.15) is 0 Å². The van der Waals surface area contributed by atoms with Gasteiger partial charge < -0.3 is 0 Å². The Balaban J connectivity index is 3.20. The molecule has 0 atom stereocenters. The summed E-state index contributed by atoms with van der Waals surface area (Å²) in [6, 6.07) is 4.10. The summed E-state index contributed by atoms with van der Waals surface area (Å²) in [5.74, 6) is 0. The minimum atomic E-state index is 0.721. The molecule has 0 amide bonds. The number of halogens is 2. The molecule has 0 saturated heterocycles. The fourth-order valence-corrected chi connectivity index (χ4v) is 1.81. The summed E-state index contributed by atoms with van der Waals surface area (Å²) in [4.78, 5) is 0. The Morgan fingerprint density at radius 2 is 1.25 bits per heavy atom. The lowest BCUT2D eigenvalue weighted by atomic mass is 10.1. The van der Waals surface area contributed by atoms with Crippen LogP contribution < -0.4 is 0 Å². The van der Waals surface area contributed by atoms with Gasteiger partial charge in [0, 0.05) is 0 Å². The minimum Gasteiger partial charge on any atom is -0.0824 e. The molecule has 0 aliphatic carbocycles. The summed E-state index contributed by atoms with van der Waals surface area (Å²) in [6.45, 7) is 4.15. The predicted octanol–water partition coefficient (Wildman–Crippen LogP) is 4.12. The second-order valence-corrected chi connectivity index (χ2v) is 3.47. The van der Waals surface area contributed by atoms with E-state index in [1.165, 1.54) is 0 Å². The molecule has 1 rings (SSSR count). The van der Waals surface area contributed by atoms with E-state index < -0.39 is 0 Å². The van der Waals surface area contributed by atoms with E-state index in [4.69, 9.17) is 23.2 Å². The lowest BCUT2D eigenvalue weighted by molar-refractivity contribution is 1.10. The van der Waals surface area contributed by atoms with Crippen molar-refractivity contribution in [2.45, 2.75) is 26.7 Å². The number of aryl methyl sites for hydroxylation is 2. The van der Waals surface area contributed by atoms with E-state index in [2.05, 4.69) is 13.8 Å². The summed E-state index contributed by atoms with van der Waals surface area (Å²) in [5.41, 5.74) is 2.25. The molecule has 0 nitrogen and oxygen atoms in total. The number of hydrogen-bond donors (Lipinski definition) is 0. The summed E-state index contributed by atoms with van der Waals surface area (Å²) >= 11 is 12.1. The van der Waals surface area contributed by atoms with Crippen LogP contribution in [0.2, 0.25) is 10.0 Å². The molecule has 0 N–H and O–H groups in total. The van der Waals surface area contributed by atoms with Gasteiger partial charge in [-0.25, -0.2) is 0 Å². The molecule has 0 aromatic heterocycles. The lowest BCUT2D eigenvalue weighted by Gasteiger charge is -2.06. The van der Waals surface area contributed by atoms with Crippen LogP contribution in [0.5, 0.6) is 0 Å². The van der Waals surface area contributed by atoms with Gasteiger partial charge in [0.15, 0.2) is 0 Å². The molecule has 0 aliphatic heterocycles. The standard InChI is InChI=1S/C10H12Cl2/c1-3-7-5-6-8(4-2)10(12)9(7)11/h5-6H,3-4H2,1-2H3. The van der Waals surface area contributed by atoms with E-state index in [9.17, 15) is 0 Å². The molecule has 0 saturated carbocycles. The van der Waals surface area contributed by atoms with Gasteiger partial charge >= 0.3 is 0 Å². The topological polar surface area (TPSA) is 0 Å².